The van der Waals surface area contributed by atoms with Crippen molar-refractivity contribution in [1.29, 1.82) is 0 Å². The van der Waals surface area contributed by atoms with E-state index in [1.165, 1.54) is 0 Å². The summed E-state index contributed by atoms with van der Waals surface area (Å²) in [4.78, 5) is 25.7. The van der Waals surface area contributed by atoms with Crippen molar-refractivity contribution in [2.45, 2.75) is 44.6 Å². The van der Waals surface area contributed by atoms with Crippen molar-refractivity contribution in [2.24, 2.45) is 11.1 Å². The van der Waals surface area contributed by atoms with Gasteiger partial charge >= 0.3 is 5.97 Å². The van der Waals surface area contributed by atoms with Crippen LogP contribution >= 0.6 is 0 Å². The molecule has 1 amide bonds. The zero-order valence-corrected chi connectivity index (χ0v) is 12.1. The van der Waals surface area contributed by atoms with E-state index in [1.54, 1.807) is 4.90 Å². The van der Waals surface area contributed by atoms with E-state index in [0.29, 0.717) is 45.4 Å². The smallest absolute Gasteiger partial charge is 0.309 e. The first-order chi connectivity index (χ1) is 9.43. The molecule has 1 atom stereocenters. The number of likely N-dealkylation sites (tertiary alicyclic amines) is 1. The molecule has 2 fully saturated rings. The highest BCUT2D eigenvalue weighted by Gasteiger charge is 2.46. The number of amides is 1. The molecule has 0 bridgehead atoms. The molecular weight excluding hydrogens is 260 g/mol. The summed E-state index contributed by atoms with van der Waals surface area (Å²) in [6.07, 6.45) is 3.08. The third kappa shape index (κ3) is 2.67. The van der Waals surface area contributed by atoms with Crippen molar-refractivity contribution < 1.29 is 19.4 Å². The van der Waals surface area contributed by atoms with Gasteiger partial charge < -0.3 is 20.5 Å². The molecule has 0 aromatic carbocycles. The van der Waals surface area contributed by atoms with Crippen molar-refractivity contribution >= 4 is 11.9 Å². The average Bonchev–Trinajstić information content (AvgIpc) is 2.87. The predicted octanol–water partition coefficient (Wildman–Crippen LogP) is 0.598. The second-order valence-electron chi connectivity index (χ2n) is 6.09. The third-order valence-corrected chi connectivity index (χ3v) is 4.67. The number of piperidine rings is 1. The van der Waals surface area contributed by atoms with Gasteiger partial charge in [0.15, 0.2) is 0 Å². The molecule has 2 aliphatic rings. The van der Waals surface area contributed by atoms with E-state index >= 15 is 0 Å². The molecule has 0 spiro atoms. The first-order valence-electron chi connectivity index (χ1n) is 7.33. The Hall–Kier alpha value is -1.14. The SMILES string of the molecule is CCCC1(C(=O)O)CCN(C(=O)C2(N)CCOC2)CC1. The molecule has 2 heterocycles. The van der Waals surface area contributed by atoms with Gasteiger partial charge in [0.05, 0.1) is 12.0 Å². The topological polar surface area (TPSA) is 92.9 Å². The lowest BCUT2D eigenvalue weighted by molar-refractivity contribution is -0.156. The van der Waals surface area contributed by atoms with Crippen LogP contribution in [-0.4, -0.2) is 53.7 Å². The number of nitrogens with two attached hydrogens (primary N) is 1. The molecule has 1 unspecified atom stereocenters. The number of hydrogen-bond acceptors (Lipinski definition) is 4. The highest BCUT2D eigenvalue weighted by molar-refractivity contribution is 5.87. The van der Waals surface area contributed by atoms with Gasteiger partial charge in [-0.05, 0) is 25.7 Å². The molecule has 0 aromatic rings. The van der Waals surface area contributed by atoms with Gasteiger partial charge in [0.25, 0.3) is 0 Å². The molecule has 6 heteroatoms. The number of aliphatic carboxylic acids is 1. The van der Waals surface area contributed by atoms with Gasteiger partial charge in [0, 0.05) is 19.7 Å². The summed E-state index contributed by atoms with van der Waals surface area (Å²) in [7, 11) is 0. The first-order valence-corrected chi connectivity index (χ1v) is 7.33. The molecule has 2 rings (SSSR count). The summed E-state index contributed by atoms with van der Waals surface area (Å²) in [5.41, 5.74) is 4.51. The summed E-state index contributed by atoms with van der Waals surface area (Å²) in [6.45, 7) is 3.73. The van der Waals surface area contributed by atoms with Crippen LogP contribution < -0.4 is 5.73 Å². The number of nitrogens with zero attached hydrogens (tertiary/aromatic N) is 1. The van der Waals surface area contributed by atoms with Crippen LogP contribution in [0.4, 0.5) is 0 Å². The molecule has 0 saturated carbocycles. The number of carbonyl (C=O) groups is 2. The number of carbonyl (C=O) groups excluding carboxylic acids is 1. The van der Waals surface area contributed by atoms with Gasteiger partial charge in [-0.15, -0.1) is 0 Å². The van der Waals surface area contributed by atoms with Gasteiger partial charge in [0.1, 0.15) is 5.54 Å². The Morgan fingerprint density at radius 3 is 2.40 bits per heavy atom. The first kappa shape index (κ1) is 15.3. The second kappa shape index (κ2) is 5.69. The van der Waals surface area contributed by atoms with E-state index in [1.807, 2.05) is 6.92 Å². The molecule has 0 aromatic heterocycles. The number of hydrogen-bond donors (Lipinski definition) is 2. The van der Waals surface area contributed by atoms with Crippen molar-refractivity contribution in [3.8, 4) is 0 Å². The maximum absolute atomic E-state index is 12.4. The molecule has 114 valence electrons. The summed E-state index contributed by atoms with van der Waals surface area (Å²) in [5, 5.41) is 9.46. The normalized spacial score (nSPS) is 29.4. The van der Waals surface area contributed by atoms with E-state index < -0.39 is 16.9 Å². The van der Waals surface area contributed by atoms with E-state index in [0.717, 1.165) is 6.42 Å². The molecule has 0 aliphatic carbocycles. The molecular formula is C14H24N2O4. The maximum atomic E-state index is 12.4. The van der Waals surface area contributed by atoms with Crippen LogP contribution in [0.5, 0.6) is 0 Å². The quantitative estimate of drug-likeness (QED) is 0.788. The van der Waals surface area contributed by atoms with Crippen LogP contribution in [0.2, 0.25) is 0 Å². The lowest BCUT2D eigenvalue weighted by Crippen LogP contribution is -2.58. The standard InChI is InChI=1S/C14H24N2O4/c1-2-3-13(12(18)19)4-7-16(8-5-13)11(17)14(15)6-9-20-10-14/h2-10,15H2,1H3,(H,18,19). The van der Waals surface area contributed by atoms with Crippen LogP contribution in [0.1, 0.15) is 39.0 Å². The molecule has 3 N–H and O–H groups in total. The number of carboxylic acids is 1. The summed E-state index contributed by atoms with van der Waals surface area (Å²) in [5.74, 6) is -0.830. The minimum Gasteiger partial charge on any atom is -0.481 e. The van der Waals surface area contributed by atoms with Gasteiger partial charge in [-0.25, -0.2) is 0 Å². The van der Waals surface area contributed by atoms with Crippen LogP contribution in [0, 0.1) is 5.41 Å². The summed E-state index contributed by atoms with van der Waals surface area (Å²) in [6, 6.07) is 0. The Kier molecular flexibility index (Phi) is 4.34. The van der Waals surface area contributed by atoms with E-state index in [-0.39, 0.29) is 12.5 Å². The second-order valence-corrected chi connectivity index (χ2v) is 6.09. The van der Waals surface area contributed by atoms with Crippen LogP contribution in [0.25, 0.3) is 0 Å². The zero-order chi connectivity index (χ0) is 14.8. The largest absolute Gasteiger partial charge is 0.481 e. The Bertz CT molecular complexity index is 383. The van der Waals surface area contributed by atoms with Crippen molar-refractivity contribution in [3.05, 3.63) is 0 Å². The fraction of sp³-hybridized carbons (Fsp3) is 0.857. The van der Waals surface area contributed by atoms with Gasteiger partial charge in [-0.2, -0.15) is 0 Å². The van der Waals surface area contributed by atoms with E-state index in [4.69, 9.17) is 10.5 Å². The predicted molar refractivity (Wildman–Crippen MR) is 73.1 cm³/mol. The Balaban J connectivity index is 2.00. The Labute approximate surface area is 119 Å². The number of rotatable bonds is 4. The zero-order valence-electron chi connectivity index (χ0n) is 12.1. The monoisotopic (exact) mass is 284 g/mol. The van der Waals surface area contributed by atoms with Gasteiger partial charge in [-0.3, -0.25) is 9.59 Å². The molecule has 2 saturated heterocycles. The minimum atomic E-state index is -0.909. The Morgan fingerprint density at radius 1 is 1.30 bits per heavy atom. The van der Waals surface area contributed by atoms with Crippen molar-refractivity contribution in [1.82, 2.24) is 4.90 Å². The fourth-order valence-corrected chi connectivity index (χ4v) is 3.25. The fourth-order valence-electron chi connectivity index (χ4n) is 3.25. The minimum absolute atomic E-state index is 0.0921. The van der Waals surface area contributed by atoms with Crippen LogP contribution in [-0.2, 0) is 14.3 Å². The third-order valence-electron chi connectivity index (χ3n) is 4.67. The van der Waals surface area contributed by atoms with E-state index in [2.05, 4.69) is 0 Å². The molecule has 6 nitrogen and oxygen atoms in total. The number of carboxylic acid groups (broad SMARTS) is 1. The van der Waals surface area contributed by atoms with Gasteiger partial charge in [0.2, 0.25) is 5.91 Å². The highest BCUT2D eigenvalue weighted by atomic mass is 16.5. The van der Waals surface area contributed by atoms with Crippen molar-refractivity contribution in [2.75, 3.05) is 26.3 Å². The lowest BCUT2D eigenvalue weighted by Gasteiger charge is -2.41. The van der Waals surface area contributed by atoms with E-state index in [9.17, 15) is 14.7 Å². The maximum Gasteiger partial charge on any atom is 0.309 e. The van der Waals surface area contributed by atoms with Gasteiger partial charge in [-0.1, -0.05) is 13.3 Å². The van der Waals surface area contributed by atoms with Crippen LogP contribution in [0.3, 0.4) is 0 Å². The summed E-state index contributed by atoms with van der Waals surface area (Å²) >= 11 is 0. The molecule has 2 aliphatic heterocycles. The Morgan fingerprint density at radius 2 is 1.95 bits per heavy atom. The lowest BCUT2D eigenvalue weighted by atomic mass is 9.74. The molecule has 20 heavy (non-hydrogen) atoms. The summed E-state index contributed by atoms with van der Waals surface area (Å²) < 4.78 is 5.22. The van der Waals surface area contributed by atoms with Crippen LogP contribution in [0.15, 0.2) is 0 Å². The van der Waals surface area contributed by atoms with Crippen molar-refractivity contribution in [3.63, 3.8) is 0 Å². The highest BCUT2D eigenvalue weighted by Crippen LogP contribution is 2.37. The average molecular weight is 284 g/mol. The number of ether oxygens (including phenoxy) is 1. The molecule has 0 radical (unpaired) electrons.